The van der Waals surface area contributed by atoms with E-state index in [1.54, 1.807) is 37.3 Å². The number of carbonyl (C=O) groups excluding carboxylic acids is 1. The fourth-order valence-electron chi connectivity index (χ4n) is 3.43. The van der Waals surface area contributed by atoms with Crippen molar-refractivity contribution in [3.63, 3.8) is 0 Å². The molecule has 0 unspecified atom stereocenters. The van der Waals surface area contributed by atoms with E-state index in [2.05, 4.69) is 5.32 Å². The molecule has 0 heterocycles. The largest absolute Gasteiger partial charge is 0.497 e. The van der Waals surface area contributed by atoms with E-state index < -0.39 is 35.0 Å². The number of methoxy groups -OCH3 is 1. The first-order valence-electron chi connectivity index (χ1n) is 11.0. The average molecular weight is 502 g/mol. The molecule has 0 saturated heterocycles. The van der Waals surface area contributed by atoms with Crippen molar-refractivity contribution in [2.45, 2.75) is 26.2 Å². The van der Waals surface area contributed by atoms with Crippen LogP contribution in [0.2, 0.25) is 0 Å². The Bertz CT molecular complexity index is 1230. The summed E-state index contributed by atoms with van der Waals surface area (Å²) in [5, 5.41) is 10.3. The Kier molecular flexibility index (Phi) is 8.91. The van der Waals surface area contributed by atoms with Crippen LogP contribution in [0.15, 0.2) is 54.6 Å². The van der Waals surface area contributed by atoms with Crippen LogP contribution in [-0.2, 0) is 22.7 Å². The van der Waals surface area contributed by atoms with Gasteiger partial charge in [-0.05, 0) is 19.1 Å². The third-order valence-electron chi connectivity index (χ3n) is 5.29. The van der Waals surface area contributed by atoms with Gasteiger partial charge in [-0.25, -0.2) is 13.2 Å². The number of nitrogens with one attached hydrogen (secondary N) is 2. The maximum Gasteiger partial charge on any atom is 0.254 e. The minimum Gasteiger partial charge on any atom is -0.497 e. The summed E-state index contributed by atoms with van der Waals surface area (Å²) in [4.78, 5) is 12.9. The second kappa shape index (κ2) is 12.1. The molecule has 10 heteroatoms. The molecule has 7 nitrogen and oxygen atoms in total. The van der Waals surface area contributed by atoms with Crippen LogP contribution < -0.4 is 20.5 Å². The Hall–Kier alpha value is -4.05. The first-order chi connectivity index (χ1) is 17.2. The van der Waals surface area contributed by atoms with E-state index in [1.807, 2.05) is 0 Å². The highest BCUT2D eigenvalue weighted by molar-refractivity contribution is 5.95. The summed E-state index contributed by atoms with van der Waals surface area (Å²) < 4.78 is 59.2. The molecule has 0 fully saturated rings. The molecular weight excluding hydrogens is 475 g/mol. The molecule has 0 radical (unpaired) electrons. The summed E-state index contributed by atoms with van der Waals surface area (Å²) in [5.74, 6) is -3.19. The van der Waals surface area contributed by atoms with E-state index in [4.69, 9.17) is 25.4 Å². The van der Waals surface area contributed by atoms with Crippen LogP contribution >= 0.6 is 0 Å². The molecule has 190 valence electrons. The lowest BCUT2D eigenvalue weighted by Crippen LogP contribution is -2.32. The molecule has 0 saturated carbocycles. The van der Waals surface area contributed by atoms with Crippen LogP contribution in [0.4, 0.5) is 13.2 Å². The van der Waals surface area contributed by atoms with Crippen molar-refractivity contribution in [1.82, 2.24) is 5.32 Å². The Morgan fingerprint density at radius 1 is 1.03 bits per heavy atom. The first kappa shape index (κ1) is 26.6. The van der Waals surface area contributed by atoms with Gasteiger partial charge >= 0.3 is 0 Å². The highest BCUT2D eigenvalue weighted by Crippen LogP contribution is 2.29. The van der Waals surface area contributed by atoms with Gasteiger partial charge in [-0.1, -0.05) is 30.3 Å². The minimum absolute atomic E-state index is 0.0211. The van der Waals surface area contributed by atoms with Crippen molar-refractivity contribution in [1.29, 1.82) is 5.41 Å². The number of rotatable bonds is 11. The highest BCUT2D eigenvalue weighted by atomic mass is 19.1. The maximum absolute atomic E-state index is 14.6. The highest BCUT2D eigenvalue weighted by Gasteiger charge is 2.28. The molecule has 0 bridgehead atoms. The van der Waals surface area contributed by atoms with Gasteiger partial charge in [-0.2, -0.15) is 0 Å². The van der Waals surface area contributed by atoms with Crippen LogP contribution in [0.1, 0.15) is 35.3 Å². The van der Waals surface area contributed by atoms with E-state index in [0.29, 0.717) is 16.7 Å². The van der Waals surface area contributed by atoms with Gasteiger partial charge in [0.05, 0.1) is 12.7 Å². The summed E-state index contributed by atoms with van der Waals surface area (Å²) in [6, 6.07) is 12.7. The number of ether oxygens (including phenoxy) is 3. The van der Waals surface area contributed by atoms with Gasteiger partial charge in [-0.15, -0.1) is 0 Å². The number of hydrogen-bond acceptors (Lipinski definition) is 5. The lowest BCUT2D eigenvalue weighted by molar-refractivity contribution is -0.133. The van der Waals surface area contributed by atoms with Crippen molar-refractivity contribution in [3.05, 3.63) is 94.3 Å². The fourth-order valence-corrected chi connectivity index (χ4v) is 3.43. The summed E-state index contributed by atoms with van der Waals surface area (Å²) in [7, 11) is 1.27. The van der Waals surface area contributed by atoms with Crippen molar-refractivity contribution in [2.75, 3.05) is 13.7 Å². The van der Waals surface area contributed by atoms with E-state index in [0.717, 1.165) is 12.1 Å². The Morgan fingerprint density at radius 3 is 2.33 bits per heavy atom. The molecule has 3 aromatic carbocycles. The first-order valence-corrected chi connectivity index (χ1v) is 11.0. The van der Waals surface area contributed by atoms with E-state index in [1.165, 1.54) is 19.2 Å². The topological polar surface area (TPSA) is 107 Å². The van der Waals surface area contributed by atoms with E-state index in [-0.39, 0.29) is 37.1 Å². The molecule has 3 aromatic rings. The molecule has 0 aromatic heterocycles. The van der Waals surface area contributed by atoms with Gasteiger partial charge in [0.1, 0.15) is 41.4 Å². The van der Waals surface area contributed by atoms with Gasteiger partial charge in [0.15, 0.2) is 6.10 Å². The number of amidine groups is 1. The Labute approximate surface area is 206 Å². The lowest BCUT2D eigenvalue weighted by Gasteiger charge is -2.20. The fraction of sp³-hybridized carbons (Fsp3) is 0.231. The molecule has 0 aliphatic heterocycles. The van der Waals surface area contributed by atoms with Gasteiger partial charge in [0, 0.05) is 42.0 Å². The van der Waals surface area contributed by atoms with Gasteiger partial charge in [0.25, 0.3) is 5.91 Å². The number of hydrogen-bond donors (Lipinski definition) is 3. The van der Waals surface area contributed by atoms with Crippen LogP contribution in [0.25, 0.3) is 0 Å². The normalized spacial score (nSPS) is 11.6. The zero-order valence-corrected chi connectivity index (χ0v) is 19.7. The monoisotopic (exact) mass is 501 g/mol. The van der Waals surface area contributed by atoms with Gasteiger partial charge in [-0.3, -0.25) is 10.2 Å². The molecule has 36 heavy (non-hydrogen) atoms. The second-order valence-corrected chi connectivity index (χ2v) is 7.67. The molecule has 3 rings (SSSR count). The van der Waals surface area contributed by atoms with Crippen molar-refractivity contribution < 1.29 is 32.2 Å². The number of carbonyl (C=O) groups is 1. The second-order valence-electron chi connectivity index (χ2n) is 7.67. The standard InChI is InChI=1S/C26H26F3N3O4/c1-3-35-24(23-20(28)11-18(34-2)12-21(23)29)26(33)32-13-16-9-8-15(25(30)31)10-22(16)36-14-17-6-4-5-7-19(17)27/h4-12,24H,3,13-14H2,1-2H3,(H3,30,31)(H,32,33)/t24-/m0/s1. The molecule has 0 aliphatic carbocycles. The van der Waals surface area contributed by atoms with Crippen LogP contribution in [0, 0.1) is 22.9 Å². The predicted octanol–water partition coefficient (Wildman–Crippen LogP) is 4.37. The number of amides is 1. The Balaban J connectivity index is 1.82. The number of nitrogens with two attached hydrogens (primary N) is 1. The molecule has 1 atom stereocenters. The molecular formula is C26H26F3N3O4. The van der Waals surface area contributed by atoms with Gasteiger partial charge < -0.3 is 25.3 Å². The molecule has 0 aliphatic rings. The van der Waals surface area contributed by atoms with Gasteiger partial charge in [0.2, 0.25) is 0 Å². The number of nitrogen functional groups attached to an aromatic ring is 1. The zero-order chi connectivity index (χ0) is 26.2. The third-order valence-corrected chi connectivity index (χ3v) is 5.29. The zero-order valence-electron chi connectivity index (χ0n) is 19.7. The summed E-state index contributed by atoms with van der Waals surface area (Å²) in [6.45, 7) is 1.40. The third kappa shape index (κ3) is 6.33. The van der Waals surface area contributed by atoms with Crippen molar-refractivity contribution in [3.8, 4) is 11.5 Å². The van der Waals surface area contributed by atoms with Crippen LogP contribution in [0.3, 0.4) is 0 Å². The summed E-state index contributed by atoms with van der Waals surface area (Å²) in [5.41, 5.74) is 6.17. The van der Waals surface area contributed by atoms with E-state index in [9.17, 15) is 18.0 Å². The lowest BCUT2D eigenvalue weighted by atomic mass is 10.1. The Morgan fingerprint density at radius 2 is 1.72 bits per heavy atom. The van der Waals surface area contributed by atoms with E-state index >= 15 is 0 Å². The molecule has 4 N–H and O–H groups in total. The quantitative estimate of drug-likeness (QED) is 0.267. The average Bonchev–Trinajstić information content (AvgIpc) is 2.85. The van der Waals surface area contributed by atoms with Crippen LogP contribution in [0.5, 0.6) is 11.5 Å². The minimum atomic E-state index is -1.56. The summed E-state index contributed by atoms with van der Waals surface area (Å²) >= 11 is 0. The summed E-state index contributed by atoms with van der Waals surface area (Å²) in [6.07, 6.45) is -1.56. The molecule has 1 amide bonds. The number of benzene rings is 3. The smallest absolute Gasteiger partial charge is 0.254 e. The maximum atomic E-state index is 14.6. The van der Waals surface area contributed by atoms with Crippen LogP contribution in [-0.4, -0.2) is 25.5 Å². The van der Waals surface area contributed by atoms with Crippen molar-refractivity contribution >= 4 is 11.7 Å². The SMILES string of the molecule is CCO[C@H](C(=O)NCc1ccc(C(=N)N)cc1OCc1ccccc1F)c1c(F)cc(OC)cc1F. The predicted molar refractivity (Wildman–Crippen MR) is 127 cm³/mol. The van der Waals surface area contributed by atoms with Crippen molar-refractivity contribution in [2.24, 2.45) is 5.73 Å². The molecule has 0 spiro atoms. The number of halogens is 3.